The zero-order valence-electron chi connectivity index (χ0n) is 19.1. The molecule has 6 N–H and O–H groups in total. The third kappa shape index (κ3) is 4.55. The number of aromatic nitrogens is 4. The second-order valence-corrected chi connectivity index (χ2v) is 8.00. The Labute approximate surface area is 205 Å². The molecule has 0 saturated heterocycles. The van der Waals surface area contributed by atoms with Gasteiger partial charge in [-0.05, 0) is 42.0 Å². The van der Waals surface area contributed by atoms with Gasteiger partial charge in [-0.15, -0.1) is 15.0 Å². The van der Waals surface area contributed by atoms with Gasteiger partial charge >= 0.3 is 0 Å². The van der Waals surface area contributed by atoms with Crippen molar-refractivity contribution in [3.63, 3.8) is 0 Å². The van der Waals surface area contributed by atoms with E-state index in [2.05, 4.69) is 25.8 Å². The minimum atomic E-state index is -0.465. The molecule has 2 amide bonds. The molecule has 0 fully saturated rings. The van der Waals surface area contributed by atoms with Crippen LogP contribution in [0.25, 0.3) is 16.6 Å². The first kappa shape index (κ1) is 22.5. The van der Waals surface area contributed by atoms with Gasteiger partial charge in [0.1, 0.15) is 5.69 Å². The van der Waals surface area contributed by atoms with E-state index >= 15 is 0 Å². The zero-order chi connectivity index (χ0) is 25.1. The molecular formula is C26H22N8O2. The van der Waals surface area contributed by atoms with E-state index in [-0.39, 0.29) is 24.0 Å². The molecule has 178 valence electrons. The van der Waals surface area contributed by atoms with Gasteiger partial charge in [0.05, 0.1) is 16.9 Å². The average Bonchev–Trinajstić information content (AvgIpc) is 3.30. The Morgan fingerprint density at radius 2 is 1.61 bits per heavy atom. The number of hydrogen-bond donors (Lipinski definition) is 4. The maximum absolute atomic E-state index is 12.8. The molecule has 0 aliphatic heterocycles. The smallest absolute Gasteiger partial charge is 0.275 e. The van der Waals surface area contributed by atoms with Gasteiger partial charge in [0, 0.05) is 23.7 Å². The van der Waals surface area contributed by atoms with Gasteiger partial charge in [-0.1, -0.05) is 42.5 Å². The third-order valence-electron chi connectivity index (χ3n) is 5.56. The van der Waals surface area contributed by atoms with Crippen molar-refractivity contribution in [2.24, 2.45) is 0 Å². The van der Waals surface area contributed by atoms with E-state index in [9.17, 15) is 9.59 Å². The predicted octanol–water partition coefficient (Wildman–Crippen LogP) is 3.16. The molecule has 0 bridgehead atoms. The first-order chi connectivity index (χ1) is 17.5. The second-order valence-electron chi connectivity index (χ2n) is 8.00. The lowest BCUT2D eigenvalue weighted by atomic mass is 10.1. The number of para-hydroxylation sites is 3. The number of rotatable bonds is 6. The molecule has 5 rings (SSSR count). The Bertz CT molecular complexity index is 1570. The number of anilines is 3. The van der Waals surface area contributed by atoms with Crippen molar-refractivity contribution >= 4 is 39.9 Å². The summed E-state index contributed by atoms with van der Waals surface area (Å²) in [5.41, 5.74) is 15.5. The summed E-state index contributed by atoms with van der Waals surface area (Å²) in [7, 11) is 0. The number of nitrogens with zero attached hydrogens (tertiary/aromatic N) is 4. The molecule has 0 aliphatic rings. The van der Waals surface area contributed by atoms with E-state index < -0.39 is 5.91 Å². The normalized spacial score (nSPS) is 10.8. The zero-order valence-corrected chi connectivity index (χ0v) is 19.1. The number of nitrogen functional groups attached to an aromatic ring is 2. The van der Waals surface area contributed by atoms with Crippen LogP contribution in [0.3, 0.4) is 0 Å². The molecule has 10 heteroatoms. The van der Waals surface area contributed by atoms with Crippen LogP contribution in [0.5, 0.6) is 0 Å². The molecule has 0 aliphatic carbocycles. The fourth-order valence-electron chi connectivity index (χ4n) is 3.68. The maximum atomic E-state index is 12.8. The van der Waals surface area contributed by atoms with Crippen LogP contribution in [-0.4, -0.2) is 31.8 Å². The van der Waals surface area contributed by atoms with E-state index in [1.807, 2.05) is 24.3 Å². The molecule has 0 spiro atoms. The maximum Gasteiger partial charge on any atom is 0.275 e. The van der Waals surface area contributed by atoms with Gasteiger partial charge in [0.15, 0.2) is 11.5 Å². The topological polar surface area (TPSA) is 154 Å². The van der Waals surface area contributed by atoms with Gasteiger partial charge in [-0.3, -0.25) is 14.6 Å². The highest BCUT2D eigenvalue weighted by molar-refractivity contribution is 6.05. The summed E-state index contributed by atoms with van der Waals surface area (Å²) in [5, 5.41) is 15.0. The third-order valence-corrected chi connectivity index (χ3v) is 5.56. The highest BCUT2D eigenvalue weighted by Gasteiger charge is 2.18. The summed E-state index contributed by atoms with van der Waals surface area (Å²) in [5.74, 6) is -0.739. The Hall–Kier alpha value is -5.25. The predicted molar refractivity (Wildman–Crippen MR) is 137 cm³/mol. The molecule has 5 aromatic rings. The number of pyridine rings is 1. The first-order valence-corrected chi connectivity index (χ1v) is 11.1. The van der Waals surface area contributed by atoms with E-state index in [0.29, 0.717) is 28.1 Å². The van der Waals surface area contributed by atoms with Crippen LogP contribution in [0.4, 0.5) is 17.2 Å². The molecule has 10 nitrogen and oxygen atoms in total. The van der Waals surface area contributed by atoms with E-state index in [0.717, 1.165) is 10.9 Å². The fraction of sp³-hybridized carbons (Fsp3) is 0.0385. The van der Waals surface area contributed by atoms with E-state index in [1.165, 1.54) is 4.80 Å². The SMILES string of the molecule is Nc1ccccc1NC(=O)c1ccc(CNC(=O)c2nn(-c3cccc4cccnc34)nc2N)cc1. The first-order valence-electron chi connectivity index (χ1n) is 11.1. The van der Waals surface area contributed by atoms with Gasteiger partial charge in [-0.25, -0.2) is 0 Å². The number of carbonyl (C=O) groups is 2. The molecule has 0 saturated carbocycles. The van der Waals surface area contributed by atoms with Crippen LogP contribution in [0.15, 0.2) is 85.1 Å². The van der Waals surface area contributed by atoms with Gasteiger partial charge in [0.2, 0.25) is 0 Å². The van der Waals surface area contributed by atoms with Crippen molar-refractivity contribution in [1.82, 2.24) is 25.3 Å². The monoisotopic (exact) mass is 478 g/mol. The summed E-state index contributed by atoms with van der Waals surface area (Å²) in [4.78, 5) is 31.0. The Balaban J connectivity index is 1.25. The molecule has 3 aromatic carbocycles. The van der Waals surface area contributed by atoms with Crippen molar-refractivity contribution in [2.45, 2.75) is 6.54 Å². The molecule has 2 aromatic heterocycles. The minimum absolute atomic E-state index is 0.00707. The molecule has 2 heterocycles. The average molecular weight is 479 g/mol. The number of benzene rings is 3. The van der Waals surface area contributed by atoms with Crippen LogP contribution in [0.1, 0.15) is 26.4 Å². The summed E-state index contributed by atoms with van der Waals surface area (Å²) in [6.45, 7) is 0.217. The van der Waals surface area contributed by atoms with E-state index in [1.54, 1.807) is 60.8 Å². The number of fused-ring (bicyclic) bond motifs is 1. The van der Waals surface area contributed by atoms with Crippen LogP contribution >= 0.6 is 0 Å². The number of hydrogen-bond acceptors (Lipinski definition) is 7. The second kappa shape index (κ2) is 9.55. The highest BCUT2D eigenvalue weighted by Crippen LogP contribution is 2.20. The lowest BCUT2D eigenvalue weighted by Gasteiger charge is -2.09. The fourth-order valence-corrected chi connectivity index (χ4v) is 3.68. The van der Waals surface area contributed by atoms with Crippen molar-refractivity contribution < 1.29 is 9.59 Å². The summed E-state index contributed by atoms with van der Waals surface area (Å²) in [6.07, 6.45) is 1.68. The van der Waals surface area contributed by atoms with Gasteiger partial charge < -0.3 is 22.1 Å². The lowest BCUT2D eigenvalue weighted by molar-refractivity contribution is 0.0945. The Kier molecular flexibility index (Phi) is 5.98. The standard InChI is InChI=1S/C26H22N8O2/c27-19-7-1-2-8-20(19)31-25(35)18-12-10-16(11-13-18)15-30-26(36)23-24(28)33-34(32-23)21-9-3-5-17-6-4-14-29-22(17)21/h1-14H,15,27H2,(H2,28,33)(H,30,36)(H,31,35). The minimum Gasteiger partial charge on any atom is -0.397 e. The number of nitrogens with one attached hydrogen (secondary N) is 2. The molecule has 0 atom stereocenters. The molecule has 0 unspecified atom stereocenters. The quantitative estimate of drug-likeness (QED) is 0.273. The van der Waals surface area contributed by atoms with Crippen LogP contribution in [-0.2, 0) is 6.54 Å². The largest absolute Gasteiger partial charge is 0.397 e. The number of nitrogens with two attached hydrogens (primary N) is 2. The van der Waals surface area contributed by atoms with Gasteiger partial charge in [0.25, 0.3) is 11.8 Å². The number of amides is 2. The van der Waals surface area contributed by atoms with Crippen LogP contribution in [0.2, 0.25) is 0 Å². The summed E-state index contributed by atoms with van der Waals surface area (Å²) >= 11 is 0. The summed E-state index contributed by atoms with van der Waals surface area (Å²) in [6, 6.07) is 23.3. The Morgan fingerprint density at radius 3 is 2.42 bits per heavy atom. The molecule has 36 heavy (non-hydrogen) atoms. The Morgan fingerprint density at radius 1 is 0.833 bits per heavy atom. The lowest BCUT2D eigenvalue weighted by Crippen LogP contribution is -2.24. The molecule has 0 radical (unpaired) electrons. The van der Waals surface area contributed by atoms with Crippen LogP contribution < -0.4 is 22.1 Å². The van der Waals surface area contributed by atoms with E-state index in [4.69, 9.17) is 11.5 Å². The summed E-state index contributed by atoms with van der Waals surface area (Å²) < 4.78 is 0. The van der Waals surface area contributed by atoms with Crippen molar-refractivity contribution in [1.29, 1.82) is 0 Å². The van der Waals surface area contributed by atoms with Crippen molar-refractivity contribution in [2.75, 3.05) is 16.8 Å². The van der Waals surface area contributed by atoms with Crippen molar-refractivity contribution in [3.05, 3.63) is 102 Å². The molecular weight excluding hydrogens is 456 g/mol. The number of carbonyl (C=O) groups excluding carboxylic acids is 2. The highest BCUT2D eigenvalue weighted by atomic mass is 16.2. The van der Waals surface area contributed by atoms with Crippen molar-refractivity contribution in [3.8, 4) is 5.69 Å². The van der Waals surface area contributed by atoms with Crippen LogP contribution in [0, 0.1) is 0 Å². The van der Waals surface area contributed by atoms with Gasteiger partial charge in [-0.2, -0.15) is 0 Å².